The van der Waals surface area contributed by atoms with E-state index >= 15 is 0 Å². The first kappa shape index (κ1) is 102. The van der Waals surface area contributed by atoms with E-state index in [0.717, 1.165) is 104 Å². The number of carbonyl (C=O) groups is 2. The number of benzene rings is 13. The van der Waals surface area contributed by atoms with Gasteiger partial charge in [0.25, 0.3) is 11.8 Å². The smallest absolute Gasteiger partial charge is 0.251 e. The Morgan fingerprint density at radius 2 is 0.844 bits per heavy atom. The minimum atomic E-state index is -10.7. The van der Waals surface area contributed by atoms with Gasteiger partial charge in [-0.25, -0.2) is 9.67 Å². The van der Waals surface area contributed by atoms with Crippen LogP contribution in [0.1, 0.15) is 167 Å². The van der Waals surface area contributed by atoms with Gasteiger partial charge in [-0.2, -0.15) is 0 Å². The molecule has 13 aromatic carbocycles. The van der Waals surface area contributed by atoms with Crippen LogP contribution in [0.5, 0.6) is 28.7 Å². The van der Waals surface area contributed by atoms with E-state index in [1.165, 1.54) is 44.5 Å². The Labute approximate surface area is 820 Å². The van der Waals surface area contributed by atoms with E-state index in [2.05, 4.69) is 263 Å². The Kier molecular flexibility index (Phi) is 33.2. The number of rotatable bonds is 20. The maximum atomic E-state index is 12.7. The zero-order valence-corrected chi connectivity index (χ0v) is 81.6. The van der Waals surface area contributed by atoms with Crippen molar-refractivity contribution in [1.82, 2.24) is 35.2 Å². The first-order chi connectivity index (χ1) is 67.5. The van der Waals surface area contributed by atoms with Gasteiger partial charge in [0.1, 0.15) is 66.6 Å². The van der Waals surface area contributed by atoms with Crippen LogP contribution < -0.4 is 34.9 Å². The van der Waals surface area contributed by atoms with E-state index in [4.69, 9.17) is 38.1 Å². The van der Waals surface area contributed by atoms with Crippen molar-refractivity contribution < 1.29 is 78.4 Å². The average Bonchev–Trinajstić information content (AvgIpc) is 1.71. The number of ether oxygens (including phenoxy) is 7. The molecule has 0 spiro atoms. The van der Waals surface area contributed by atoms with E-state index in [9.17, 15) is 39.9 Å². The summed E-state index contributed by atoms with van der Waals surface area (Å²) in [6.07, 6.45) is 2.85. The maximum Gasteiger partial charge on any atom is 0.251 e. The fraction of sp³-hybridized carbons (Fsp3) is 0.250. The fourth-order valence-electron chi connectivity index (χ4n) is 16.2. The largest absolute Gasteiger partial charge is 0.491 e. The first-order valence-electron chi connectivity index (χ1n) is 47.1. The minimum absolute atomic E-state index is 0.0342. The van der Waals surface area contributed by atoms with Gasteiger partial charge < -0.3 is 54.2 Å². The van der Waals surface area contributed by atoms with Crippen molar-refractivity contribution in [2.75, 3.05) is 66.0 Å². The molecule has 0 radical (unpaired) electrons. The molecule has 15 aromatic rings. The van der Waals surface area contributed by atoms with Gasteiger partial charge in [-0.05, 0) is 199 Å². The quantitative estimate of drug-likeness (QED) is 0.0184. The van der Waals surface area contributed by atoms with E-state index < -0.39 is 13.2 Å². The molecule has 0 aliphatic carbocycles. The summed E-state index contributed by atoms with van der Waals surface area (Å²) in [5.41, 5.74) is 21.2. The van der Waals surface area contributed by atoms with Crippen LogP contribution in [0.25, 0.3) is 39.6 Å². The summed E-state index contributed by atoms with van der Waals surface area (Å²) in [4.78, 5) is 30.6. The second kappa shape index (κ2) is 45.7. The molecular weight excluding hydrogens is 1810 g/mol. The Hall–Kier alpha value is -14.4. The number of hydrogen-bond acceptors (Lipinski definition) is 13. The fourth-order valence-corrected chi connectivity index (χ4v) is 16.2. The van der Waals surface area contributed by atoms with E-state index in [1.807, 2.05) is 150 Å². The number of halogens is 6. The Balaban J connectivity index is 0.000000283. The van der Waals surface area contributed by atoms with Crippen molar-refractivity contribution in [3.8, 4) is 80.2 Å². The van der Waals surface area contributed by atoms with Crippen LogP contribution in [0.4, 0.5) is 25.2 Å². The second-order valence-corrected chi connectivity index (χ2v) is 39.4. The maximum absolute atomic E-state index is 12.7. The van der Waals surface area contributed by atoms with Gasteiger partial charge in [0.05, 0.1) is 87.9 Å². The number of aromatic hydroxyl groups is 1. The van der Waals surface area contributed by atoms with Crippen molar-refractivity contribution in [1.29, 1.82) is 0 Å². The van der Waals surface area contributed by atoms with Crippen LogP contribution in [-0.2, 0) is 68.7 Å². The van der Waals surface area contributed by atoms with E-state index in [0.29, 0.717) is 108 Å². The van der Waals surface area contributed by atoms with Crippen LogP contribution in [0, 0.1) is 11.8 Å². The molecule has 141 heavy (non-hydrogen) atoms. The molecule has 0 atom stereocenters. The van der Waals surface area contributed by atoms with E-state index in [-0.39, 0.29) is 33.8 Å². The third kappa shape index (κ3) is 30.1. The Morgan fingerprint density at radius 3 is 1.31 bits per heavy atom. The number of phenolic OH excluding ortho intramolecular Hbond substituents is 1. The number of imidazole rings is 1. The molecule has 6 bridgehead atoms. The van der Waals surface area contributed by atoms with Crippen LogP contribution in [0.2, 0.25) is 0 Å². The van der Waals surface area contributed by atoms with Crippen molar-refractivity contribution in [3.63, 3.8) is 0 Å². The summed E-state index contributed by atoms with van der Waals surface area (Å²) in [6, 6.07) is 111. The number of phenols is 1. The summed E-state index contributed by atoms with van der Waals surface area (Å²) in [5.74, 6) is 10.1. The summed E-state index contributed by atoms with van der Waals surface area (Å²) in [5, 5.41) is 28.0. The van der Waals surface area contributed by atoms with Gasteiger partial charge in [-0.15, -0.1) is 5.10 Å². The molecule has 2 aromatic heterocycles. The summed E-state index contributed by atoms with van der Waals surface area (Å²) < 4.78 is 104. The van der Waals surface area contributed by atoms with Crippen LogP contribution in [-0.4, -0.2) is 107 Å². The normalized spacial score (nSPS) is 13.8. The number of nitrogens with two attached hydrogens (primary N) is 1. The number of carbonyl (C=O) groups excluding carboxylic acids is 2. The second-order valence-electron chi connectivity index (χ2n) is 37.5. The number of amides is 2. The molecule has 2 amide bonds. The Bertz CT molecular complexity index is 6430. The average molecular weight is 1930 g/mol. The molecule has 0 saturated heterocycles. The number of aromatic nitrogens is 5. The molecule has 19 rings (SSSR count). The molecule has 0 unspecified atom stereocenters. The molecule has 4 aliphatic rings. The molecule has 0 fully saturated rings. The number of nitrogens with zero attached hydrogens (tertiary/aromatic N) is 5. The minimum Gasteiger partial charge on any atom is -0.491 e. The predicted molar refractivity (Wildman–Crippen MR) is 544 cm³/mol. The zero-order valence-electron chi connectivity index (χ0n) is 80.7. The Morgan fingerprint density at radius 1 is 0.440 bits per heavy atom. The zero-order chi connectivity index (χ0) is 99.7. The topological polar surface area (TPSA) is 208 Å². The standard InChI is InChI=1S/C86H84N6O3.C30H34N2O7.F6P/c1-83(2,3)67-35-41-70(42-36-67)86(71-43-37-68(38-44-71)84(4,5)6,72-45-39-69(40-46-72)85(7,8)9)73-47-53-76(54-48-73)94-56-18-55-87-57-63-33-51-77(52-34-63)95-60-74-59-91(90-89-74)58-64-29-27-61(28-30-64)25-26-62-31-49-75(50-32-62)92-81(66-21-14-11-15-22-66)80(65-19-12-10-13-20-65)88-82(92)78-23-16-17-24-79(78)93;33-29-25-2-1-3-26(20-25)30(34)32-22-24-6-10-28(11-7-24)39-19-17-37-15-13-35-12-14-36-16-18-38-27-8-4-23(5-9-27)21-31-29;1-7(2,3,4,5)6/h10-17,19-24,27-54,59,87,93H,18,55-58,60H2,1-9H3;1-11,20H,12-19,21-22H2,(H,31,33)(H,32,34);/q;;-1/p+1. The van der Waals surface area contributed by atoms with E-state index in [1.54, 1.807) is 30.3 Å². The predicted octanol–water partition coefficient (Wildman–Crippen LogP) is 24.8. The molecule has 4 aliphatic heterocycles. The molecular formula is C116H119F6N8O10P. The third-order valence-electron chi connectivity index (χ3n) is 23.7. The van der Waals surface area contributed by atoms with Gasteiger partial charge in [0.2, 0.25) is 0 Å². The van der Waals surface area contributed by atoms with Crippen LogP contribution in [0.3, 0.4) is 0 Å². The van der Waals surface area contributed by atoms with Gasteiger partial charge in [0, 0.05) is 64.1 Å². The number of hydrogen-bond donors (Lipinski definition) is 4. The number of nitrogens with one attached hydrogen (secondary N) is 2. The molecule has 0 saturated carbocycles. The molecule has 730 valence electrons. The summed E-state index contributed by atoms with van der Waals surface area (Å²) in [6.45, 7) is 28.2. The third-order valence-corrected chi connectivity index (χ3v) is 23.7. The van der Waals surface area contributed by atoms with Crippen molar-refractivity contribution in [2.24, 2.45) is 0 Å². The SMILES string of the molecule is CC(C)(C)c1ccc(C(c2ccc(OCCC[NH2+]Cc3ccc(OCc4cn(Cc5ccc(C#Cc6ccc(-n7c(-c8ccccc8O)nc(-c8ccccc8)c7-c7ccccc7)cc6)cc5)nn4)cc3)cc2)(c2ccc(C(C)(C)C)cc2)c2ccc(C(C)(C)C)cc2)cc1.F[P-](F)(F)(F)(F)F.O=C1NCc2ccc(cc2)OCCOCCOCCOCCOc2ccc(cc2)CNC(=O)c2cccc1c2. The summed E-state index contributed by atoms with van der Waals surface area (Å²) >= 11 is 0. The van der Waals surface area contributed by atoms with Gasteiger partial charge in [-0.1, -0.05) is 280 Å². The monoisotopic (exact) mass is 1930 g/mol. The molecule has 5 N–H and O–H groups in total. The molecule has 18 nitrogen and oxygen atoms in total. The van der Waals surface area contributed by atoms with Crippen LogP contribution in [0.15, 0.2) is 334 Å². The van der Waals surface area contributed by atoms with Crippen molar-refractivity contribution >= 4 is 19.6 Å². The first-order valence-corrected chi connectivity index (χ1v) is 49.1. The number of para-hydroxylation sites is 1. The van der Waals surface area contributed by atoms with Crippen molar-refractivity contribution in [2.45, 2.75) is 123 Å². The van der Waals surface area contributed by atoms with Gasteiger partial charge in [-0.3, -0.25) is 14.2 Å². The summed E-state index contributed by atoms with van der Waals surface area (Å²) in [7, 11) is -10.7. The number of quaternary nitrogens is 1. The van der Waals surface area contributed by atoms with Crippen molar-refractivity contribution in [3.05, 3.63) is 423 Å². The van der Waals surface area contributed by atoms with Gasteiger partial charge in [0.15, 0.2) is 0 Å². The van der Waals surface area contributed by atoms with Gasteiger partial charge >= 0.3 is 33.0 Å². The molecule has 6 heterocycles. The molecule has 25 heteroatoms. The van der Waals surface area contributed by atoms with Crippen LogP contribution >= 0.6 is 7.81 Å².